The van der Waals surface area contributed by atoms with Gasteiger partial charge < -0.3 is 4.74 Å². The number of fused-ring (bicyclic) bond motifs is 2. The number of hydrogen-bond donors (Lipinski definition) is 0. The molecular weight excluding hydrogens is 372 g/mol. The fraction of sp³-hybridized carbons (Fsp3) is 0.318. The Balaban J connectivity index is 1.44. The van der Waals surface area contributed by atoms with Crippen molar-refractivity contribution in [1.29, 1.82) is 0 Å². The first kappa shape index (κ1) is 17.7. The van der Waals surface area contributed by atoms with E-state index in [2.05, 4.69) is 20.9 Å². The highest BCUT2D eigenvalue weighted by molar-refractivity contribution is 6.30. The molecule has 5 rings (SSSR count). The maximum absolute atomic E-state index is 6.15. The number of likely N-dealkylation sites (tertiary alicyclic amines) is 1. The van der Waals surface area contributed by atoms with Gasteiger partial charge in [0.05, 0.1) is 24.3 Å². The van der Waals surface area contributed by atoms with Crippen molar-refractivity contribution in [3.8, 4) is 11.4 Å². The molecule has 5 nitrogen and oxygen atoms in total. The predicted octanol–water partition coefficient (Wildman–Crippen LogP) is 3.87. The molecule has 1 aromatic carbocycles. The average Bonchev–Trinajstić information content (AvgIpc) is 3.12. The molecule has 1 atom stereocenters. The summed E-state index contributed by atoms with van der Waals surface area (Å²) in [5.41, 5.74) is 4.34. The van der Waals surface area contributed by atoms with Crippen molar-refractivity contribution in [3.63, 3.8) is 0 Å². The molecule has 0 N–H and O–H groups in total. The zero-order chi connectivity index (χ0) is 19.0. The molecule has 142 valence electrons. The molecule has 1 spiro atoms. The molecule has 0 radical (unpaired) electrons. The summed E-state index contributed by atoms with van der Waals surface area (Å²) in [4.78, 5) is 16.2. The highest BCUT2D eigenvalue weighted by Gasteiger charge is 2.44. The Bertz CT molecular complexity index is 997. The molecule has 1 unspecified atom stereocenters. The Hall–Kier alpha value is -2.34. The standard InChI is InChI=1S/C22H21ClN4O/c23-19-5-1-3-16(9-19)12-27-8-6-22(14-27)15-28-13-18-11-25-21(26-20(18)22)17-4-2-7-24-10-17/h1-5,7,9-11H,6,8,12-15H2. The first-order valence-electron chi connectivity index (χ1n) is 9.53. The molecule has 1 saturated heterocycles. The third-order valence-corrected chi connectivity index (χ3v) is 5.89. The number of hydrogen-bond acceptors (Lipinski definition) is 5. The van der Waals surface area contributed by atoms with Crippen molar-refractivity contribution < 1.29 is 4.74 Å². The molecule has 1 fully saturated rings. The smallest absolute Gasteiger partial charge is 0.160 e. The Morgan fingerprint density at radius 1 is 1.18 bits per heavy atom. The molecule has 0 aliphatic carbocycles. The van der Waals surface area contributed by atoms with Crippen LogP contribution in [0.5, 0.6) is 0 Å². The Kier molecular flexibility index (Phi) is 4.59. The van der Waals surface area contributed by atoms with Gasteiger partial charge in [-0.1, -0.05) is 23.7 Å². The van der Waals surface area contributed by atoms with Gasteiger partial charge in [0.2, 0.25) is 0 Å². The molecule has 0 bridgehead atoms. The number of ether oxygens (including phenoxy) is 1. The van der Waals surface area contributed by atoms with Gasteiger partial charge in [-0.25, -0.2) is 9.97 Å². The summed E-state index contributed by atoms with van der Waals surface area (Å²) >= 11 is 6.15. The lowest BCUT2D eigenvalue weighted by molar-refractivity contribution is 0.0503. The number of pyridine rings is 1. The van der Waals surface area contributed by atoms with E-state index in [0.29, 0.717) is 13.2 Å². The van der Waals surface area contributed by atoms with E-state index in [0.717, 1.165) is 53.7 Å². The Labute approximate surface area is 169 Å². The molecule has 6 heteroatoms. The topological polar surface area (TPSA) is 51.1 Å². The number of aromatic nitrogens is 3. The van der Waals surface area contributed by atoms with E-state index >= 15 is 0 Å². The van der Waals surface area contributed by atoms with Crippen molar-refractivity contribution >= 4 is 11.6 Å². The number of halogens is 1. The maximum atomic E-state index is 6.15. The Morgan fingerprint density at radius 3 is 3.00 bits per heavy atom. The van der Waals surface area contributed by atoms with Crippen molar-refractivity contribution in [2.75, 3.05) is 19.7 Å². The van der Waals surface area contributed by atoms with Crippen LogP contribution >= 0.6 is 11.6 Å². The van der Waals surface area contributed by atoms with E-state index in [1.807, 2.05) is 42.7 Å². The van der Waals surface area contributed by atoms with E-state index in [9.17, 15) is 0 Å². The summed E-state index contributed by atoms with van der Waals surface area (Å²) in [6, 6.07) is 12.0. The lowest BCUT2D eigenvalue weighted by atomic mass is 9.80. The second-order valence-corrected chi connectivity index (χ2v) is 8.11. The van der Waals surface area contributed by atoms with Crippen LogP contribution < -0.4 is 0 Å². The van der Waals surface area contributed by atoms with Crippen LogP contribution in [-0.2, 0) is 23.3 Å². The molecule has 2 aromatic heterocycles. The fourth-order valence-corrected chi connectivity index (χ4v) is 4.54. The fourth-order valence-electron chi connectivity index (χ4n) is 4.33. The van der Waals surface area contributed by atoms with Crippen LogP contribution in [0.2, 0.25) is 5.02 Å². The predicted molar refractivity (Wildman–Crippen MR) is 108 cm³/mol. The maximum Gasteiger partial charge on any atom is 0.160 e. The molecule has 4 heterocycles. The average molecular weight is 393 g/mol. The third kappa shape index (κ3) is 3.30. The zero-order valence-corrected chi connectivity index (χ0v) is 16.3. The van der Waals surface area contributed by atoms with E-state index in [-0.39, 0.29) is 5.41 Å². The van der Waals surface area contributed by atoms with Gasteiger partial charge in [0.25, 0.3) is 0 Å². The van der Waals surface area contributed by atoms with Gasteiger partial charge in [-0.05, 0) is 42.8 Å². The van der Waals surface area contributed by atoms with Gasteiger partial charge in [-0.15, -0.1) is 0 Å². The quantitative estimate of drug-likeness (QED) is 0.677. The van der Waals surface area contributed by atoms with Gasteiger partial charge in [0.15, 0.2) is 5.82 Å². The van der Waals surface area contributed by atoms with Crippen LogP contribution in [0.3, 0.4) is 0 Å². The lowest BCUT2D eigenvalue weighted by Crippen LogP contribution is -2.40. The number of benzene rings is 1. The molecule has 0 saturated carbocycles. The molecule has 2 aliphatic rings. The first-order valence-corrected chi connectivity index (χ1v) is 9.91. The number of nitrogens with zero attached hydrogens (tertiary/aromatic N) is 4. The van der Waals surface area contributed by atoms with Crippen molar-refractivity contribution in [3.05, 3.63) is 76.8 Å². The van der Waals surface area contributed by atoms with Gasteiger partial charge in [-0.2, -0.15) is 0 Å². The number of rotatable bonds is 3. The summed E-state index contributed by atoms with van der Waals surface area (Å²) in [7, 11) is 0. The molecule has 0 amide bonds. The van der Waals surface area contributed by atoms with Gasteiger partial charge in [-0.3, -0.25) is 9.88 Å². The molecular formula is C22H21ClN4O. The molecule has 28 heavy (non-hydrogen) atoms. The first-order chi connectivity index (χ1) is 13.7. The van der Waals surface area contributed by atoms with Crippen LogP contribution in [0.1, 0.15) is 23.2 Å². The second kappa shape index (κ2) is 7.24. The van der Waals surface area contributed by atoms with Crippen LogP contribution in [0, 0.1) is 0 Å². The molecule has 3 aromatic rings. The van der Waals surface area contributed by atoms with Crippen LogP contribution in [0.25, 0.3) is 11.4 Å². The Morgan fingerprint density at radius 2 is 2.14 bits per heavy atom. The van der Waals surface area contributed by atoms with Crippen LogP contribution in [-0.4, -0.2) is 39.5 Å². The normalized spacial score (nSPS) is 21.8. The zero-order valence-electron chi connectivity index (χ0n) is 15.5. The molecule has 2 aliphatic heterocycles. The summed E-state index contributed by atoms with van der Waals surface area (Å²) < 4.78 is 5.96. The van der Waals surface area contributed by atoms with Crippen molar-refractivity contribution in [2.45, 2.75) is 25.0 Å². The van der Waals surface area contributed by atoms with E-state index in [4.69, 9.17) is 21.3 Å². The summed E-state index contributed by atoms with van der Waals surface area (Å²) in [6.45, 7) is 4.12. The minimum Gasteiger partial charge on any atom is -0.376 e. The minimum atomic E-state index is -0.0773. The van der Waals surface area contributed by atoms with Gasteiger partial charge in [0, 0.05) is 47.8 Å². The monoisotopic (exact) mass is 392 g/mol. The SMILES string of the molecule is Clc1cccc(CN2CCC3(COCc4cnc(-c5cccnc5)nc43)C2)c1. The lowest BCUT2D eigenvalue weighted by Gasteiger charge is -2.34. The highest BCUT2D eigenvalue weighted by atomic mass is 35.5. The van der Waals surface area contributed by atoms with E-state index in [1.165, 1.54) is 5.56 Å². The summed E-state index contributed by atoms with van der Waals surface area (Å²) in [5, 5.41) is 0.784. The van der Waals surface area contributed by atoms with Crippen molar-refractivity contribution in [1.82, 2.24) is 19.9 Å². The summed E-state index contributed by atoms with van der Waals surface area (Å²) in [6.07, 6.45) is 6.53. The minimum absolute atomic E-state index is 0.0773. The van der Waals surface area contributed by atoms with E-state index in [1.54, 1.807) is 6.20 Å². The second-order valence-electron chi connectivity index (χ2n) is 7.67. The van der Waals surface area contributed by atoms with Crippen molar-refractivity contribution in [2.24, 2.45) is 0 Å². The largest absolute Gasteiger partial charge is 0.376 e. The summed E-state index contributed by atoms with van der Waals surface area (Å²) in [5.74, 6) is 0.737. The third-order valence-electron chi connectivity index (χ3n) is 5.65. The van der Waals surface area contributed by atoms with Gasteiger partial charge >= 0.3 is 0 Å². The van der Waals surface area contributed by atoms with Gasteiger partial charge in [0.1, 0.15) is 0 Å². The van der Waals surface area contributed by atoms with Crippen LogP contribution in [0.15, 0.2) is 55.0 Å². The van der Waals surface area contributed by atoms with Crippen LogP contribution in [0.4, 0.5) is 0 Å². The highest BCUT2D eigenvalue weighted by Crippen LogP contribution is 2.40. The van der Waals surface area contributed by atoms with E-state index < -0.39 is 0 Å².